The first-order chi connectivity index (χ1) is 11.9. The van der Waals surface area contributed by atoms with E-state index >= 15 is 0 Å². The van der Waals surface area contributed by atoms with Gasteiger partial charge in [-0.15, -0.1) is 0 Å². The zero-order chi connectivity index (χ0) is 18.0. The topological polar surface area (TPSA) is 54.7 Å². The molecule has 25 heavy (non-hydrogen) atoms. The largest absolute Gasteiger partial charge is 0.507 e. The summed E-state index contributed by atoms with van der Waals surface area (Å²) in [6.45, 7) is 6.16. The highest BCUT2D eigenvalue weighted by Gasteiger charge is 2.21. The summed E-state index contributed by atoms with van der Waals surface area (Å²) in [6, 6.07) is 13.4. The van der Waals surface area contributed by atoms with Gasteiger partial charge in [0, 0.05) is 28.9 Å². The van der Waals surface area contributed by atoms with Crippen LogP contribution in [0.2, 0.25) is 0 Å². The van der Waals surface area contributed by atoms with Crippen LogP contribution in [0.3, 0.4) is 0 Å². The number of para-hydroxylation sites is 1. The maximum atomic E-state index is 10.7. The number of aromatic hydroxyl groups is 1. The van der Waals surface area contributed by atoms with Crippen molar-refractivity contribution in [2.45, 2.75) is 26.2 Å². The summed E-state index contributed by atoms with van der Waals surface area (Å²) in [6.07, 6.45) is 3.42. The lowest BCUT2D eigenvalue weighted by Crippen LogP contribution is -2.12. The van der Waals surface area contributed by atoms with E-state index in [2.05, 4.69) is 30.7 Å². The van der Waals surface area contributed by atoms with Crippen molar-refractivity contribution in [3.63, 3.8) is 0 Å². The van der Waals surface area contributed by atoms with E-state index in [9.17, 15) is 5.11 Å². The van der Waals surface area contributed by atoms with Gasteiger partial charge in [-0.05, 0) is 29.7 Å². The van der Waals surface area contributed by atoms with E-state index in [0.717, 1.165) is 22.2 Å². The number of methoxy groups -OCH3 is 1. The zero-order valence-electron chi connectivity index (χ0n) is 14.9. The van der Waals surface area contributed by atoms with Crippen molar-refractivity contribution in [2.24, 2.45) is 4.99 Å². The van der Waals surface area contributed by atoms with Gasteiger partial charge in [0.05, 0.1) is 18.3 Å². The molecule has 2 aromatic carbocycles. The Balaban J connectivity index is 2.09. The Morgan fingerprint density at radius 3 is 2.60 bits per heavy atom. The monoisotopic (exact) mass is 334 g/mol. The predicted molar refractivity (Wildman–Crippen MR) is 102 cm³/mol. The summed E-state index contributed by atoms with van der Waals surface area (Å²) in [7, 11) is 1.62. The first-order valence-corrected chi connectivity index (χ1v) is 8.19. The lowest BCUT2D eigenvalue weighted by atomic mass is 9.85. The standard InChI is InChI=1S/C21H22N2O2/c1-21(2,3)17-12-16(25-4)11-15(20(17)24)13-23-18-9-5-7-14-8-6-10-22-19(14)18/h5-13,24H,1-4H3. The molecule has 0 amide bonds. The van der Waals surface area contributed by atoms with Crippen LogP contribution in [0.15, 0.2) is 53.7 Å². The molecule has 0 radical (unpaired) electrons. The second kappa shape index (κ2) is 6.55. The number of benzene rings is 2. The quantitative estimate of drug-likeness (QED) is 0.686. The Hall–Kier alpha value is -2.88. The van der Waals surface area contributed by atoms with Gasteiger partial charge in [0.15, 0.2) is 0 Å². The number of ether oxygens (including phenoxy) is 1. The predicted octanol–water partition coefficient (Wildman–Crippen LogP) is 5.00. The maximum absolute atomic E-state index is 10.7. The summed E-state index contributed by atoms with van der Waals surface area (Å²) >= 11 is 0. The van der Waals surface area contributed by atoms with Crippen LogP contribution >= 0.6 is 0 Å². The van der Waals surface area contributed by atoms with Crippen LogP contribution in [0.25, 0.3) is 10.9 Å². The Morgan fingerprint density at radius 2 is 1.88 bits per heavy atom. The van der Waals surface area contributed by atoms with E-state index in [0.29, 0.717) is 11.3 Å². The molecule has 1 heterocycles. The number of phenols is 1. The van der Waals surface area contributed by atoms with Gasteiger partial charge >= 0.3 is 0 Å². The van der Waals surface area contributed by atoms with Gasteiger partial charge in [-0.3, -0.25) is 9.98 Å². The fraction of sp³-hybridized carbons (Fsp3) is 0.238. The number of aliphatic imine (C=N–C) groups is 1. The summed E-state index contributed by atoms with van der Waals surface area (Å²) < 4.78 is 5.38. The molecule has 4 heteroatoms. The van der Waals surface area contributed by atoms with Crippen molar-refractivity contribution < 1.29 is 9.84 Å². The van der Waals surface area contributed by atoms with Gasteiger partial charge in [-0.25, -0.2) is 0 Å². The first-order valence-electron chi connectivity index (χ1n) is 8.19. The molecule has 0 aliphatic carbocycles. The summed E-state index contributed by atoms with van der Waals surface area (Å²) in [4.78, 5) is 8.97. The molecule has 0 spiro atoms. The fourth-order valence-corrected chi connectivity index (χ4v) is 2.75. The number of hydrogen-bond acceptors (Lipinski definition) is 4. The maximum Gasteiger partial charge on any atom is 0.128 e. The van der Waals surface area contributed by atoms with Gasteiger partial charge in [0.2, 0.25) is 0 Å². The molecule has 3 aromatic rings. The van der Waals surface area contributed by atoms with Crippen molar-refractivity contribution >= 4 is 22.8 Å². The van der Waals surface area contributed by atoms with Crippen molar-refractivity contribution in [3.8, 4) is 11.5 Å². The van der Waals surface area contributed by atoms with Crippen molar-refractivity contribution in [1.29, 1.82) is 0 Å². The minimum Gasteiger partial charge on any atom is -0.507 e. The lowest BCUT2D eigenvalue weighted by Gasteiger charge is -2.22. The average Bonchev–Trinajstić information content (AvgIpc) is 2.59. The van der Waals surface area contributed by atoms with Gasteiger partial charge in [-0.2, -0.15) is 0 Å². The van der Waals surface area contributed by atoms with Crippen LogP contribution in [0.5, 0.6) is 11.5 Å². The molecule has 0 saturated carbocycles. The second-order valence-corrected chi connectivity index (χ2v) is 6.97. The third-order valence-electron chi connectivity index (χ3n) is 4.11. The number of hydrogen-bond donors (Lipinski definition) is 1. The molecule has 0 atom stereocenters. The molecule has 0 aliphatic rings. The Bertz CT molecular complexity index is 935. The SMILES string of the molecule is COc1cc(C=Nc2cccc3cccnc23)c(O)c(C(C)(C)C)c1. The smallest absolute Gasteiger partial charge is 0.128 e. The number of aromatic nitrogens is 1. The van der Waals surface area contributed by atoms with Gasteiger partial charge in [0.1, 0.15) is 11.5 Å². The molecule has 4 nitrogen and oxygen atoms in total. The van der Waals surface area contributed by atoms with Crippen molar-refractivity contribution in [2.75, 3.05) is 7.11 Å². The zero-order valence-corrected chi connectivity index (χ0v) is 14.9. The molecule has 0 bridgehead atoms. The highest BCUT2D eigenvalue weighted by molar-refractivity contribution is 5.93. The Kier molecular flexibility index (Phi) is 4.45. The van der Waals surface area contributed by atoms with Crippen LogP contribution in [-0.2, 0) is 5.41 Å². The summed E-state index contributed by atoms with van der Waals surface area (Å²) in [5.74, 6) is 0.922. The first kappa shape index (κ1) is 17.0. The van der Waals surface area contributed by atoms with E-state index < -0.39 is 0 Å². The fourth-order valence-electron chi connectivity index (χ4n) is 2.75. The van der Waals surface area contributed by atoms with Crippen LogP contribution in [0, 0.1) is 0 Å². The number of rotatable bonds is 3. The van der Waals surface area contributed by atoms with E-state index in [-0.39, 0.29) is 11.2 Å². The van der Waals surface area contributed by atoms with Crippen LogP contribution in [0.1, 0.15) is 31.9 Å². The molecule has 0 fully saturated rings. The minimum absolute atomic E-state index is 0.206. The van der Waals surface area contributed by atoms with E-state index in [1.165, 1.54) is 0 Å². The van der Waals surface area contributed by atoms with Crippen LogP contribution < -0.4 is 4.74 Å². The molecule has 0 unspecified atom stereocenters. The second-order valence-electron chi connectivity index (χ2n) is 6.97. The normalized spacial score (nSPS) is 12.0. The number of pyridine rings is 1. The van der Waals surface area contributed by atoms with Crippen LogP contribution in [-0.4, -0.2) is 23.4 Å². The highest BCUT2D eigenvalue weighted by Crippen LogP contribution is 2.36. The molecular formula is C21H22N2O2. The molecular weight excluding hydrogens is 312 g/mol. The van der Waals surface area contributed by atoms with E-state index in [4.69, 9.17) is 4.74 Å². The van der Waals surface area contributed by atoms with Gasteiger partial charge < -0.3 is 9.84 Å². The third kappa shape index (κ3) is 3.48. The summed E-state index contributed by atoms with van der Waals surface area (Å²) in [5.41, 5.74) is 2.83. The highest BCUT2D eigenvalue weighted by atomic mass is 16.5. The Morgan fingerprint density at radius 1 is 1.12 bits per heavy atom. The van der Waals surface area contributed by atoms with Crippen molar-refractivity contribution in [1.82, 2.24) is 4.98 Å². The molecule has 0 saturated heterocycles. The molecule has 3 rings (SSSR count). The van der Waals surface area contributed by atoms with Crippen LogP contribution in [0.4, 0.5) is 5.69 Å². The lowest BCUT2D eigenvalue weighted by molar-refractivity contribution is 0.405. The number of nitrogens with zero attached hydrogens (tertiary/aromatic N) is 2. The molecule has 128 valence electrons. The average molecular weight is 334 g/mol. The summed E-state index contributed by atoms with van der Waals surface area (Å²) in [5, 5.41) is 11.7. The Labute approximate surface area is 147 Å². The van der Waals surface area contributed by atoms with E-state index in [1.54, 1.807) is 25.6 Å². The molecule has 1 aromatic heterocycles. The number of phenolic OH excluding ortho intramolecular Hbond substituents is 1. The molecule has 0 aliphatic heterocycles. The van der Waals surface area contributed by atoms with Gasteiger partial charge in [-0.1, -0.05) is 39.0 Å². The minimum atomic E-state index is -0.206. The number of fused-ring (bicyclic) bond motifs is 1. The molecule has 1 N–H and O–H groups in total. The van der Waals surface area contributed by atoms with Gasteiger partial charge in [0.25, 0.3) is 0 Å². The third-order valence-corrected chi connectivity index (χ3v) is 4.11. The van der Waals surface area contributed by atoms with Crippen molar-refractivity contribution in [3.05, 3.63) is 59.8 Å². The van der Waals surface area contributed by atoms with E-state index in [1.807, 2.05) is 36.4 Å².